The Hall–Kier alpha value is -2.41. The monoisotopic (exact) mass is 426 g/mol. The molecule has 2 aromatic heterocycles. The summed E-state index contributed by atoms with van der Waals surface area (Å²) in [6.45, 7) is 12.2. The summed E-state index contributed by atoms with van der Waals surface area (Å²) in [6, 6.07) is 6.14. The molecule has 0 unspecified atom stereocenters. The molecule has 31 heavy (non-hydrogen) atoms. The van der Waals surface area contributed by atoms with Crippen LogP contribution >= 0.6 is 0 Å². The number of guanidine groups is 1. The minimum Gasteiger partial charge on any atom is -0.382 e. The Morgan fingerprint density at radius 1 is 1.19 bits per heavy atom. The van der Waals surface area contributed by atoms with E-state index in [0.717, 1.165) is 61.5 Å². The van der Waals surface area contributed by atoms with Gasteiger partial charge in [0.05, 0.1) is 12.2 Å². The molecule has 0 aliphatic heterocycles. The maximum atomic E-state index is 5.64. The van der Waals surface area contributed by atoms with Crippen molar-refractivity contribution in [3.05, 3.63) is 41.3 Å². The van der Waals surface area contributed by atoms with Crippen molar-refractivity contribution in [3.63, 3.8) is 0 Å². The van der Waals surface area contributed by atoms with E-state index in [0.29, 0.717) is 12.0 Å². The van der Waals surface area contributed by atoms with Gasteiger partial charge in [0.2, 0.25) is 0 Å². The number of nitrogens with one attached hydrogen (secondary N) is 2. The maximum absolute atomic E-state index is 5.64. The second-order valence-corrected chi connectivity index (χ2v) is 8.57. The Bertz CT molecular complexity index is 836. The molecule has 170 valence electrons. The third-order valence-electron chi connectivity index (χ3n) is 6.08. The van der Waals surface area contributed by atoms with Crippen LogP contribution in [-0.2, 0) is 11.3 Å². The summed E-state index contributed by atoms with van der Waals surface area (Å²) in [6.07, 6.45) is 8.17. The lowest BCUT2D eigenvalue weighted by Gasteiger charge is -2.30. The second-order valence-electron chi connectivity index (χ2n) is 8.57. The Morgan fingerprint density at radius 3 is 2.61 bits per heavy atom. The van der Waals surface area contributed by atoms with Gasteiger partial charge in [-0.3, -0.25) is 0 Å². The van der Waals surface area contributed by atoms with Gasteiger partial charge < -0.3 is 15.4 Å². The average molecular weight is 427 g/mol. The van der Waals surface area contributed by atoms with Gasteiger partial charge in [-0.05, 0) is 70.1 Å². The zero-order chi connectivity index (χ0) is 22.1. The molecule has 1 aliphatic rings. The first-order chi connectivity index (χ1) is 15.0. The van der Waals surface area contributed by atoms with E-state index in [9.17, 15) is 0 Å². The minimum atomic E-state index is 0.328. The van der Waals surface area contributed by atoms with Crippen LogP contribution in [-0.4, -0.2) is 47.0 Å². The van der Waals surface area contributed by atoms with E-state index in [4.69, 9.17) is 9.73 Å². The number of pyridine rings is 1. The Balaban J connectivity index is 1.60. The lowest BCUT2D eigenvalue weighted by molar-refractivity contribution is 0.105. The van der Waals surface area contributed by atoms with Crippen LogP contribution in [0.15, 0.2) is 29.4 Å². The van der Waals surface area contributed by atoms with Crippen LogP contribution in [0.3, 0.4) is 0 Å². The summed E-state index contributed by atoms with van der Waals surface area (Å²) < 4.78 is 7.52. The predicted octanol–water partition coefficient (Wildman–Crippen LogP) is 3.93. The number of ether oxygens (including phenoxy) is 1. The van der Waals surface area contributed by atoms with E-state index in [-0.39, 0.29) is 0 Å². The molecule has 0 amide bonds. The standard InChI is InChI=1S/C24H38N6O/c1-5-25-23(28-18-24(11-7-8-12-24)13-14-31-6-2)27-17-21-9-10-22(26-16-21)30-20(4)15-19(3)29-30/h9-10,15-16H,5-8,11-14,17-18H2,1-4H3,(H2,25,27,28). The van der Waals surface area contributed by atoms with Gasteiger partial charge in [-0.1, -0.05) is 18.9 Å². The topological polar surface area (TPSA) is 76.4 Å². The van der Waals surface area contributed by atoms with E-state index in [2.05, 4.69) is 46.7 Å². The molecule has 2 aromatic rings. The van der Waals surface area contributed by atoms with Gasteiger partial charge >= 0.3 is 0 Å². The van der Waals surface area contributed by atoms with E-state index >= 15 is 0 Å². The first-order valence-electron chi connectivity index (χ1n) is 11.6. The quantitative estimate of drug-likeness (QED) is 0.342. The van der Waals surface area contributed by atoms with Crippen LogP contribution in [0.2, 0.25) is 0 Å². The molecule has 0 spiro atoms. The van der Waals surface area contributed by atoms with Gasteiger partial charge in [-0.2, -0.15) is 5.10 Å². The third-order valence-corrected chi connectivity index (χ3v) is 6.08. The maximum Gasteiger partial charge on any atom is 0.191 e. The zero-order valence-electron chi connectivity index (χ0n) is 19.6. The van der Waals surface area contributed by atoms with E-state index in [1.54, 1.807) is 0 Å². The number of aliphatic imine (C=N–C) groups is 1. The van der Waals surface area contributed by atoms with Crippen LogP contribution in [0.25, 0.3) is 5.82 Å². The molecular formula is C24H38N6O. The van der Waals surface area contributed by atoms with Gasteiger partial charge in [-0.25, -0.2) is 14.7 Å². The van der Waals surface area contributed by atoms with Crippen molar-refractivity contribution >= 4 is 5.96 Å². The number of hydrogen-bond acceptors (Lipinski definition) is 4. The SMILES string of the molecule is CCNC(=NCc1ccc(-n2nc(C)cc2C)nc1)NCC1(CCOCC)CCCC1. The van der Waals surface area contributed by atoms with Crippen LogP contribution in [0.1, 0.15) is 62.9 Å². The van der Waals surface area contributed by atoms with E-state index < -0.39 is 0 Å². The number of nitrogens with zero attached hydrogens (tertiary/aromatic N) is 4. The van der Waals surface area contributed by atoms with E-state index in [1.165, 1.54) is 25.7 Å². The molecule has 0 saturated heterocycles. The second kappa shape index (κ2) is 11.3. The molecule has 2 heterocycles. The minimum absolute atomic E-state index is 0.328. The third kappa shape index (κ3) is 6.53. The molecule has 7 heteroatoms. The Labute approximate surface area is 186 Å². The summed E-state index contributed by atoms with van der Waals surface area (Å²) in [4.78, 5) is 9.38. The number of hydrogen-bond donors (Lipinski definition) is 2. The van der Waals surface area contributed by atoms with Crippen molar-refractivity contribution < 1.29 is 4.74 Å². The highest BCUT2D eigenvalue weighted by Crippen LogP contribution is 2.40. The van der Waals surface area contributed by atoms with Gasteiger partial charge in [0.1, 0.15) is 0 Å². The first kappa shape index (κ1) is 23.3. The Morgan fingerprint density at radius 2 is 2.00 bits per heavy atom. The highest BCUT2D eigenvalue weighted by molar-refractivity contribution is 5.79. The average Bonchev–Trinajstić information content (AvgIpc) is 3.37. The molecule has 1 fully saturated rings. The van der Waals surface area contributed by atoms with Crippen LogP contribution < -0.4 is 10.6 Å². The van der Waals surface area contributed by atoms with Crippen LogP contribution in [0, 0.1) is 19.3 Å². The van der Waals surface area contributed by atoms with Gasteiger partial charge in [-0.15, -0.1) is 0 Å². The molecule has 0 bridgehead atoms. The predicted molar refractivity (Wildman–Crippen MR) is 126 cm³/mol. The molecule has 0 aromatic carbocycles. The molecule has 7 nitrogen and oxygen atoms in total. The first-order valence-corrected chi connectivity index (χ1v) is 11.6. The van der Waals surface area contributed by atoms with Crippen molar-refractivity contribution in [1.29, 1.82) is 0 Å². The molecule has 0 radical (unpaired) electrons. The summed E-state index contributed by atoms with van der Waals surface area (Å²) in [5.74, 6) is 1.70. The number of aryl methyl sites for hydroxylation is 2. The zero-order valence-corrected chi connectivity index (χ0v) is 19.6. The van der Waals surface area contributed by atoms with Crippen molar-refractivity contribution in [2.24, 2.45) is 10.4 Å². The summed E-state index contributed by atoms with van der Waals surface area (Å²) in [5, 5.41) is 11.5. The lowest BCUT2D eigenvalue weighted by atomic mass is 9.83. The summed E-state index contributed by atoms with van der Waals surface area (Å²) in [7, 11) is 0. The highest BCUT2D eigenvalue weighted by atomic mass is 16.5. The fourth-order valence-corrected chi connectivity index (χ4v) is 4.35. The number of rotatable bonds is 10. The normalized spacial score (nSPS) is 15.9. The van der Waals surface area contributed by atoms with Crippen molar-refractivity contribution in [3.8, 4) is 5.82 Å². The van der Waals surface area contributed by atoms with Crippen molar-refractivity contribution in [2.75, 3.05) is 26.3 Å². The van der Waals surface area contributed by atoms with Gasteiger partial charge in [0.25, 0.3) is 0 Å². The Kier molecular flexibility index (Phi) is 8.46. The molecule has 1 aliphatic carbocycles. The smallest absolute Gasteiger partial charge is 0.191 e. The fourth-order valence-electron chi connectivity index (χ4n) is 4.35. The molecule has 0 atom stereocenters. The molecule has 1 saturated carbocycles. The summed E-state index contributed by atoms with van der Waals surface area (Å²) in [5.41, 5.74) is 3.48. The number of aromatic nitrogens is 3. The summed E-state index contributed by atoms with van der Waals surface area (Å²) >= 11 is 0. The van der Waals surface area contributed by atoms with Gasteiger partial charge in [0, 0.05) is 38.2 Å². The van der Waals surface area contributed by atoms with Crippen LogP contribution in [0.4, 0.5) is 0 Å². The fraction of sp³-hybridized carbons (Fsp3) is 0.625. The van der Waals surface area contributed by atoms with Crippen molar-refractivity contribution in [1.82, 2.24) is 25.4 Å². The van der Waals surface area contributed by atoms with E-state index in [1.807, 2.05) is 30.8 Å². The molecule has 2 N–H and O–H groups in total. The lowest BCUT2D eigenvalue weighted by Crippen LogP contribution is -2.43. The van der Waals surface area contributed by atoms with Gasteiger partial charge in [0.15, 0.2) is 11.8 Å². The van der Waals surface area contributed by atoms with Crippen LogP contribution in [0.5, 0.6) is 0 Å². The van der Waals surface area contributed by atoms with Crippen molar-refractivity contribution in [2.45, 2.75) is 66.3 Å². The molecule has 3 rings (SSSR count). The largest absolute Gasteiger partial charge is 0.382 e. The highest BCUT2D eigenvalue weighted by Gasteiger charge is 2.33. The molecular weight excluding hydrogens is 388 g/mol.